The molecule has 0 amide bonds. The van der Waals surface area contributed by atoms with Crippen LogP contribution in [0.3, 0.4) is 0 Å². The summed E-state index contributed by atoms with van der Waals surface area (Å²) in [5.74, 6) is 0. The van der Waals surface area contributed by atoms with Gasteiger partial charge in [0.2, 0.25) is 0 Å². The van der Waals surface area contributed by atoms with E-state index in [9.17, 15) is 0 Å². The van der Waals surface area contributed by atoms with Gasteiger partial charge in [-0.25, -0.2) is 0 Å². The monoisotopic (exact) mass is 346 g/mol. The van der Waals surface area contributed by atoms with E-state index in [4.69, 9.17) is 17.2 Å². The van der Waals surface area contributed by atoms with Crippen molar-refractivity contribution in [3.63, 3.8) is 0 Å². The molecule has 0 radical (unpaired) electrons. The van der Waals surface area contributed by atoms with E-state index >= 15 is 0 Å². The molecule has 24 heavy (non-hydrogen) atoms. The predicted octanol–water partition coefficient (Wildman–Crippen LogP) is 4.85. The molecule has 0 N–H and O–H groups in total. The molecule has 0 fully saturated rings. The van der Waals surface area contributed by atoms with Crippen molar-refractivity contribution >= 4 is 33.9 Å². The number of nitrogens with zero attached hydrogens (tertiary/aromatic N) is 2. The van der Waals surface area contributed by atoms with Crippen LogP contribution in [-0.4, -0.2) is 14.9 Å². The van der Waals surface area contributed by atoms with E-state index in [0.717, 1.165) is 26.6 Å². The molecule has 0 saturated carbocycles. The van der Waals surface area contributed by atoms with Gasteiger partial charge in [0.25, 0.3) is 0 Å². The molecule has 0 aliphatic carbocycles. The molecule has 1 aromatic heterocycles. The van der Waals surface area contributed by atoms with Crippen LogP contribution in [0.1, 0.15) is 16.7 Å². The highest BCUT2D eigenvalue weighted by Crippen LogP contribution is 2.49. The van der Waals surface area contributed by atoms with Gasteiger partial charge in [-0.2, -0.15) is 0 Å². The Morgan fingerprint density at radius 1 is 0.750 bits per heavy atom. The minimum absolute atomic E-state index is 0.530. The molecule has 4 rings (SSSR count). The van der Waals surface area contributed by atoms with E-state index in [1.165, 1.54) is 0 Å². The maximum absolute atomic E-state index is 5.68. The van der Waals surface area contributed by atoms with Gasteiger partial charge >= 0.3 is 0 Å². The van der Waals surface area contributed by atoms with Crippen molar-refractivity contribution in [2.24, 2.45) is 4.99 Å². The Bertz CT molecular complexity index is 851. The van der Waals surface area contributed by atoms with Crippen LogP contribution in [0.2, 0.25) is 0 Å². The summed E-state index contributed by atoms with van der Waals surface area (Å²) in [6.45, 7) is 0. The van der Waals surface area contributed by atoms with Gasteiger partial charge in [0.1, 0.15) is 0 Å². The lowest BCUT2D eigenvalue weighted by atomic mass is 9.98. The maximum Gasteiger partial charge on any atom is 0.162 e. The Morgan fingerprint density at radius 3 is 1.83 bits per heavy atom. The molecular weight excluding hydrogens is 332 g/mol. The molecule has 2 nitrogen and oxygen atoms in total. The van der Waals surface area contributed by atoms with Gasteiger partial charge in [-0.05, 0) is 23.3 Å². The second-order valence-electron chi connectivity index (χ2n) is 5.46. The van der Waals surface area contributed by atoms with E-state index in [0.29, 0.717) is 0 Å². The number of hydrogen-bond acceptors (Lipinski definition) is 4. The second-order valence-corrected chi connectivity index (χ2v) is 7.33. The normalized spacial score (nSPS) is 16.0. The molecular formula is C20H14N2S2. The fourth-order valence-electron chi connectivity index (χ4n) is 2.84. The zero-order valence-electron chi connectivity index (χ0n) is 12.8. The number of rotatable bonds is 3. The quantitative estimate of drug-likeness (QED) is 0.634. The van der Waals surface area contributed by atoms with Crippen LogP contribution in [0.5, 0.6) is 0 Å². The summed E-state index contributed by atoms with van der Waals surface area (Å²) in [6.07, 6.45) is 3.55. The number of thiocarbonyl (C=S) groups is 1. The van der Waals surface area contributed by atoms with Crippen molar-refractivity contribution < 1.29 is 0 Å². The lowest BCUT2D eigenvalue weighted by molar-refractivity contribution is 0.806. The molecule has 0 saturated heterocycles. The summed E-state index contributed by atoms with van der Waals surface area (Å²) in [4.78, 5) is 8.68. The average Bonchev–Trinajstić information content (AvgIpc) is 3.03. The van der Waals surface area contributed by atoms with Crippen LogP contribution in [-0.2, 0) is 4.87 Å². The zero-order valence-corrected chi connectivity index (χ0v) is 14.4. The third kappa shape index (κ3) is 2.58. The fourth-order valence-corrected chi connectivity index (χ4v) is 4.54. The Kier molecular flexibility index (Phi) is 4.00. The summed E-state index contributed by atoms with van der Waals surface area (Å²) < 4.78 is 0.814. The highest BCUT2D eigenvalue weighted by Gasteiger charge is 2.42. The Balaban J connectivity index is 1.93. The molecule has 4 heteroatoms. The molecule has 2 heterocycles. The summed E-state index contributed by atoms with van der Waals surface area (Å²) >= 11 is 7.31. The van der Waals surface area contributed by atoms with E-state index in [1.807, 2.05) is 48.5 Å². The first kappa shape index (κ1) is 15.2. The number of pyridine rings is 1. The second kappa shape index (κ2) is 6.30. The standard InChI is InChI=1S/C20H14N2S2/c23-19-18(15-11-13-21-14-12-15)22-20(24-19,16-7-3-1-4-8-16)17-9-5-2-6-10-17/h1-14H. The SMILES string of the molecule is S=C1SC(c2ccccc2)(c2ccccc2)N=C1c1ccncc1. The van der Waals surface area contributed by atoms with Crippen molar-refractivity contribution in [1.29, 1.82) is 0 Å². The largest absolute Gasteiger partial charge is 0.265 e. The molecule has 1 aliphatic heterocycles. The zero-order chi connectivity index (χ0) is 16.4. The summed E-state index contributed by atoms with van der Waals surface area (Å²) in [7, 11) is 0. The molecule has 0 unspecified atom stereocenters. The van der Waals surface area contributed by atoms with Gasteiger partial charge in [0.05, 0.1) is 9.91 Å². The summed E-state index contributed by atoms with van der Waals surface area (Å²) in [5, 5.41) is 0. The topological polar surface area (TPSA) is 25.2 Å². The minimum Gasteiger partial charge on any atom is -0.265 e. The lowest BCUT2D eigenvalue weighted by Crippen LogP contribution is -2.18. The smallest absolute Gasteiger partial charge is 0.162 e. The van der Waals surface area contributed by atoms with Gasteiger partial charge in [0.15, 0.2) is 4.87 Å². The van der Waals surface area contributed by atoms with Crippen LogP contribution in [0.25, 0.3) is 0 Å². The van der Waals surface area contributed by atoms with E-state index < -0.39 is 4.87 Å². The van der Waals surface area contributed by atoms with Crippen molar-refractivity contribution in [2.75, 3.05) is 0 Å². The van der Waals surface area contributed by atoms with E-state index in [2.05, 4.69) is 29.2 Å². The van der Waals surface area contributed by atoms with Gasteiger partial charge in [-0.3, -0.25) is 9.98 Å². The number of thioether (sulfide) groups is 1. The third-order valence-corrected chi connectivity index (χ3v) is 5.67. The first-order valence-corrected chi connectivity index (χ1v) is 8.87. The van der Waals surface area contributed by atoms with E-state index in [1.54, 1.807) is 24.2 Å². The van der Waals surface area contributed by atoms with Crippen LogP contribution in [0.15, 0.2) is 90.2 Å². The van der Waals surface area contributed by atoms with Crippen LogP contribution in [0, 0.1) is 0 Å². The Hall–Kier alpha value is -2.30. The predicted molar refractivity (Wildman–Crippen MR) is 105 cm³/mol. The minimum atomic E-state index is -0.530. The van der Waals surface area contributed by atoms with Crippen LogP contribution >= 0.6 is 24.0 Å². The average molecular weight is 346 g/mol. The first-order chi connectivity index (χ1) is 11.8. The highest BCUT2D eigenvalue weighted by molar-refractivity contribution is 8.26. The lowest BCUT2D eigenvalue weighted by Gasteiger charge is -2.26. The molecule has 116 valence electrons. The van der Waals surface area contributed by atoms with Gasteiger partial charge in [-0.1, -0.05) is 84.6 Å². The fraction of sp³-hybridized carbons (Fsp3) is 0.0500. The Morgan fingerprint density at radius 2 is 1.29 bits per heavy atom. The molecule has 3 aromatic rings. The Labute approximate surface area is 150 Å². The third-order valence-electron chi connectivity index (χ3n) is 3.99. The molecule has 0 bridgehead atoms. The van der Waals surface area contributed by atoms with Gasteiger partial charge in [0, 0.05) is 18.0 Å². The summed E-state index contributed by atoms with van der Waals surface area (Å²) in [5.41, 5.74) is 4.14. The number of aliphatic imine (C=N–C) groups is 1. The number of benzene rings is 2. The molecule has 2 aromatic carbocycles. The molecule has 0 atom stereocenters. The van der Waals surface area contributed by atoms with Crippen LogP contribution in [0.4, 0.5) is 0 Å². The van der Waals surface area contributed by atoms with Crippen molar-refractivity contribution in [3.05, 3.63) is 102 Å². The first-order valence-electron chi connectivity index (χ1n) is 7.64. The molecule has 0 spiro atoms. The van der Waals surface area contributed by atoms with E-state index in [-0.39, 0.29) is 0 Å². The van der Waals surface area contributed by atoms with Crippen molar-refractivity contribution in [1.82, 2.24) is 4.98 Å². The highest BCUT2D eigenvalue weighted by atomic mass is 32.2. The maximum atomic E-state index is 5.68. The van der Waals surface area contributed by atoms with Gasteiger partial charge in [-0.15, -0.1) is 0 Å². The van der Waals surface area contributed by atoms with Crippen molar-refractivity contribution in [2.45, 2.75) is 4.87 Å². The van der Waals surface area contributed by atoms with Gasteiger partial charge < -0.3 is 0 Å². The van der Waals surface area contributed by atoms with Crippen molar-refractivity contribution in [3.8, 4) is 0 Å². The van der Waals surface area contributed by atoms with Crippen LogP contribution < -0.4 is 0 Å². The summed E-state index contributed by atoms with van der Waals surface area (Å²) in [6, 6.07) is 24.6. The number of aromatic nitrogens is 1. The number of hydrogen-bond donors (Lipinski definition) is 0. The molecule has 1 aliphatic rings.